The van der Waals surface area contributed by atoms with Crippen molar-refractivity contribution in [1.29, 1.82) is 0 Å². The van der Waals surface area contributed by atoms with Crippen LogP contribution in [0.5, 0.6) is 0 Å². The fraction of sp³-hybridized carbons (Fsp3) is 0.500. The molecule has 2 rings (SSSR count). The lowest BCUT2D eigenvalue weighted by Gasteiger charge is -2.07. The van der Waals surface area contributed by atoms with Gasteiger partial charge in [0.15, 0.2) is 0 Å². The van der Waals surface area contributed by atoms with Gasteiger partial charge < -0.3 is 25.6 Å². The van der Waals surface area contributed by atoms with E-state index >= 15 is 0 Å². The molecule has 0 saturated heterocycles. The predicted molar refractivity (Wildman–Crippen MR) is 85.6 cm³/mol. The van der Waals surface area contributed by atoms with Gasteiger partial charge in [-0.3, -0.25) is 9.59 Å². The average Bonchev–Trinajstić information content (AvgIpc) is 2.55. The highest BCUT2D eigenvalue weighted by Gasteiger charge is 2.10. The maximum absolute atomic E-state index is 12.0. The number of carbonyl (C=O) groups is 2. The van der Waals surface area contributed by atoms with Crippen LogP contribution in [0.25, 0.3) is 0 Å². The summed E-state index contributed by atoms with van der Waals surface area (Å²) in [5, 5.41) is 5.64. The molecule has 0 radical (unpaired) electrons. The number of carbonyl (C=O) groups excluding carboxylic acids is 2. The second-order valence-corrected chi connectivity index (χ2v) is 5.02. The van der Waals surface area contributed by atoms with Crippen LogP contribution in [-0.2, 0) is 9.47 Å². The van der Waals surface area contributed by atoms with Gasteiger partial charge in [0, 0.05) is 37.4 Å². The Morgan fingerprint density at radius 1 is 0.783 bits per heavy atom. The predicted octanol–water partition coefficient (Wildman–Crippen LogP) is 0.149. The van der Waals surface area contributed by atoms with Gasteiger partial charge >= 0.3 is 0 Å². The van der Waals surface area contributed by atoms with Gasteiger partial charge in [-0.15, -0.1) is 0 Å². The van der Waals surface area contributed by atoms with Crippen LogP contribution in [0.3, 0.4) is 0 Å². The van der Waals surface area contributed by atoms with E-state index in [0.29, 0.717) is 50.6 Å². The number of rotatable bonds is 0. The number of benzene rings is 1. The lowest BCUT2D eigenvalue weighted by Crippen LogP contribution is -2.27. The second kappa shape index (κ2) is 10.7. The Morgan fingerprint density at radius 2 is 1.26 bits per heavy atom. The molecule has 0 fully saturated rings. The molecule has 1 aliphatic rings. The molecule has 2 amide bonds. The summed E-state index contributed by atoms with van der Waals surface area (Å²) >= 11 is 0. The van der Waals surface area contributed by atoms with E-state index in [2.05, 4.69) is 10.6 Å². The molecule has 0 aliphatic carbocycles. The Bertz CT molecular complexity index is 466. The molecule has 4 N–H and O–H groups in total. The third-order valence-electron chi connectivity index (χ3n) is 3.26. The Hall–Kier alpha value is -1.96. The number of fused-ring (bicyclic) bond motifs is 2. The fourth-order valence-electron chi connectivity index (χ4n) is 2.08. The summed E-state index contributed by atoms with van der Waals surface area (Å²) in [4.78, 5) is 24.1. The number of amides is 2. The SMILES string of the molecule is O.O=C1NCCCOCCOCCCNC(=O)c2cccc1c2. The zero-order valence-electron chi connectivity index (χ0n) is 13.1. The molecule has 7 nitrogen and oxygen atoms in total. The summed E-state index contributed by atoms with van der Waals surface area (Å²) in [6, 6.07) is 6.72. The molecule has 0 spiro atoms. The van der Waals surface area contributed by atoms with Gasteiger partial charge in [0.1, 0.15) is 0 Å². The van der Waals surface area contributed by atoms with Crippen molar-refractivity contribution in [2.24, 2.45) is 0 Å². The van der Waals surface area contributed by atoms with Gasteiger partial charge in [0.05, 0.1) is 13.2 Å². The Morgan fingerprint density at radius 3 is 1.74 bits per heavy atom. The number of nitrogens with one attached hydrogen (secondary N) is 2. The lowest BCUT2D eigenvalue weighted by molar-refractivity contribution is 0.0459. The highest BCUT2D eigenvalue weighted by Crippen LogP contribution is 2.05. The number of hydrogen-bond donors (Lipinski definition) is 2. The van der Waals surface area contributed by atoms with Crippen LogP contribution >= 0.6 is 0 Å². The third-order valence-corrected chi connectivity index (χ3v) is 3.26. The van der Waals surface area contributed by atoms with Crippen molar-refractivity contribution in [3.8, 4) is 0 Å². The Balaban J connectivity index is 0.00000264. The normalized spacial score (nSPS) is 18.1. The Labute approximate surface area is 135 Å². The molecule has 0 saturated carbocycles. The van der Waals surface area contributed by atoms with Gasteiger partial charge in [0.2, 0.25) is 0 Å². The highest BCUT2D eigenvalue weighted by atomic mass is 16.5. The van der Waals surface area contributed by atoms with Crippen molar-refractivity contribution in [3.63, 3.8) is 0 Å². The van der Waals surface area contributed by atoms with Crippen molar-refractivity contribution >= 4 is 11.8 Å². The number of hydrogen-bond acceptors (Lipinski definition) is 4. The first-order chi connectivity index (χ1) is 10.8. The van der Waals surface area contributed by atoms with E-state index in [1.807, 2.05) is 0 Å². The summed E-state index contributed by atoms with van der Waals surface area (Å²) in [5.74, 6) is -0.357. The van der Waals surface area contributed by atoms with Crippen LogP contribution in [0, 0.1) is 0 Å². The van der Waals surface area contributed by atoms with E-state index in [0.717, 1.165) is 12.8 Å². The van der Waals surface area contributed by atoms with Gasteiger partial charge in [-0.05, 0) is 31.0 Å². The molecule has 1 aromatic carbocycles. The Kier molecular flexibility index (Phi) is 8.89. The lowest BCUT2D eigenvalue weighted by atomic mass is 10.1. The molecule has 23 heavy (non-hydrogen) atoms. The standard InChI is InChI=1S/C16H22N2O4.H2O/c19-15-13-4-1-5-14(12-13)16(20)18-7-3-9-22-11-10-21-8-2-6-17-15;/h1,4-5,12H,2-3,6-11H2,(H,17,19)(H,18,20);1H2. The monoisotopic (exact) mass is 324 g/mol. The van der Waals surface area contributed by atoms with E-state index in [1.54, 1.807) is 24.3 Å². The number of ether oxygens (including phenoxy) is 2. The van der Waals surface area contributed by atoms with E-state index in [9.17, 15) is 9.59 Å². The van der Waals surface area contributed by atoms with Gasteiger partial charge in [-0.25, -0.2) is 0 Å². The zero-order valence-corrected chi connectivity index (χ0v) is 13.1. The minimum atomic E-state index is -0.178. The van der Waals surface area contributed by atoms with Crippen molar-refractivity contribution in [3.05, 3.63) is 35.4 Å². The van der Waals surface area contributed by atoms with Crippen molar-refractivity contribution in [1.82, 2.24) is 10.6 Å². The zero-order chi connectivity index (χ0) is 15.6. The molecule has 0 aromatic heterocycles. The molecular weight excluding hydrogens is 300 g/mol. The van der Waals surface area contributed by atoms with Crippen LogP contribution in [0.15, 0.2) is 24.3 Å². The largest absolute Gasteiger partial charge is 0.412 e. The first-order valence-corrected chi connectivity index (χ1v) is 7.59. The minimum Gasteiger partial charge on any atom is -0.412 e. The summed E-state index contributed by atoms with van der Waals surface area (Å²) in [5.41, 5.74) is 0.974. The topological polar surface area (TPSA) is 108 Å². The fourth-order valence-corrected chi connectivity index (χ4v) is 2.08. The first-order valence-electron chi connectivity index (χ1n) is 7.59. The quantitative estimate of drug-likeness (QED) is 0.708. The van der Waals surface area contributed by atoms with Gasteiger partial charge in [-0.2, -0.15) is 0 Å². The smallest absolute Gasteiger partial charge is 0.251 e. The van der Waals surface area contributed by atoms with E-state index in [1.165, 1.54) is 0 Å². The molecular formula is C16H24N2O5. The van der Waals surface area contributed by atoms with Crippen molar-refractivity contribution in [2.75, 3.05) is 39.5 Å². The molecule has 7 heteroatoms. The van der Waals surface area contributed by atoms with Crippen LogP contribution in [0.2, 0.25) is 0 Å². The third kappa shape index (κ3) is 6.77. The van der Waals surface area contributed by atoms with Crippen molar-refractivity contribution in [2.45, 2.75) is 12.8 Å². The van der Waals surface area contributed by atoms with Gasteiger partial charge in [0.25, 0.3) is 11.8 Å². The molecule has 2 bridgehead atoms. The first kappa shape index (κ1) is 19.1. The van der Waals surface area contributed by atoms with Crippen molar-refractivity contribution < 1.29 is 24.5 Å². The van der Waals surface area contributed by atoms with Crippen LogP contribution < -0.4 is 10.6 Å². The highest BCUT2D eigenvalue weighted by molar-refractivity contribution is 5.99. The molecule has 1 aliphatic heterocycles. The molecule has 1 aromatic rings. The van der Waals surface area contributed by atoms with Crippen LogP contribution in [-0.4, -0.2) is 56.8 Å². The van der Waals surface area contributed by atoms with Gasteiger partial charge in [-0.1, -0.05) is 6.07 Å². The average molecular weight is 324 g/mol. The minimum absolute atomic E-state index is 0. The van der Waals surface area contributed by atoms with E-state index in [4.69, 9.17) is 9.47 Å². The molecule has 128 valence electrons. The summed E-state index contributed by atoms with van der Waals surface area (Å²) in [7, 11) is 0. The molecule has 0 unspecified atom stereocenters. The molecule has 0 atom stereocenters. The summed E-state index contributed by atoms with van der Waals surface area (Å²) in [6.07, 6.45) is 1.48. The van der Waals surface area contributed by atoms with E-state index < -0.39 is 0 Å². The summed E-state index contributed by atoms with van der Waals surface area (Å²) < 4.78 is 10.8. The summed E-state index contributed by atoms with van der Waals surface area (Å²) in [6.45, 7) is 3.34. The maximum Gasteiger partial charge on any atom is 0.251 e. The van der Waals surface area contributed by atoms with Crippen LogP contribution in [0.1, 0.15) is 33.6 Å². The van der Waals surface area contributed by atoms with E-state index in [-0.39, 0.29) is 17.3 Å². The van der Waals surface area contributed by atoms with Crippen LogP contribution in [0.4, 0.5) is 0 Å². The second-order valence-electron chi connectivity index (χ2n) is 5.02. The molecule has 1 heterocycles. The maximum atomic E-state index is 12.0.